The summed E-state index contributed by atoms with van der Waals surface area (Å²) in [5.41, 5.74) is 1.62. The van der Waals surface area contributed by atoms with E-state index in [1.807, 2.05) is 12.1 Å². The van der Waals surface area contributed by atoms with Gasteiger partial charge in [-0.15, -0.1) is 0 Å². The second-order valence-corrected chi connectivity index (χ2v) is 7.83. The Bertz CT molecular complexity index is 1400. The Morgan fingerprint density at radius 1 is 1.07 bits per heavy atom. The third-order valence-electron chi connectivity index (χ3n) is 5.37. The zero-order chi connectivity index (χ0) is 21.2. The highest BCUT2D eigenvalue weighted by molar-refractivity contribution is 9.10. The van der Waals surface area contributed by atoms with Crippen LogP contribution in [0.3, 0.4) is 0 Å². The first-order valence-electron chi connectivity index (χ1n) is 8.99. The highest BCUT2D eigenvalue weighted by atomic mass is 79.9. The van der Waals surface area contributed by atoms with Crippen LogP contribution in [-0.2, 0) is 0 Å². The first-order valence-corrected chi connectivity index (χ1v) is 9.78. The smallest absolute Gasteiger partial charge is 0.327 e. The number of methoxy groups -OCH3 is 1. The number of aromatic hydroxyl groups is 1. The van der Waals surface area contributed by atoms with Gasteiger partial charge in [0.15, 0.2) is 17.3 Å². The van der Waals surface area contributed by atoms with Gasteiger partial charge < -0.3 is 15.2 Å². The van der Waals surface area contributed by atoms with Gasteiger partial charge in [-0.25, -0.2) is 4.79 Å². The number of carbonyl (C=O) groups is 1. The van der Waals surface area contributed by atoms with E-state index in [0.29, 0.717) is 32.4 Å². The minimum atomic E-state index is -0.789. The number of nitrogens with one attached hydrogen (secondary N) is 3. The number of ether oxygens (including phenoxy) is 1. The topological polar surface area (TPSA) is 124 Å². The summed E-state index contributed by atoms with van der Waals surface area (Å²) < 4.78 is 5.60. The Morgan fingerprint density at radius 2 is 1.80 bits per heavy atom. The molecule has 3 aromatic rings. The number of ketones is 1. The fraction of sp³-hybridized carbons (Fsp3) is 0.0952. The van der Waals surface area contributed by atoms with Crippen LogP contribution in [-0.4, -0.2) is 28.0 Å². The number of allylic oxidation sites excluding steroid dienone is 1. The molecular formula is C21H14BrN3O5. The third-order valence-corrected chi connectivity index (χ3v) is 5.97. The van der Waals surface area contributed by atoms with Crippen molar-refractivity contribution in [2.45, 2.75) is 5.92 Å². The molecule has 2 heterocycles. The molecule has 0 bridgehead atoms. The van der Waals surface area contributed by atoms with E-state index in [2.05, 4.69) is 31.2 Å². The molecular weight excluding hydrogens is 454 g/mol. The second-order valence-electron chi connectivity index (χ2n) is 6.97. The van der Waals surface area contributed by atoms with Crippen LogP contribution in [0.1, 0.15) is 33.0 Å². The van der Waals surface area contributed by atoms with Crippen molar-refractivity contribution < 1.29 is 14.6 Å². The molecule has 1 aliphatic heterocycles. The van der Waals surface area contributed by atoms with Gasteiger partial charge in [0.2, 0.25) is 0 Å². The van der Waals surface area contributed by atoms with Crippen LogP contribution in [0.2, 0.25) is 0 Å². The number of hydrogen-bond donors (Lipinski definition) is 4. The quantitative estimate of drug-likeness (QED) is 0.459. The lowest BCUT2D eigenvalue weighted by Crippen LogP contribution is -2.33. The summed E-state index contributed by atoms with van der Waals surface area (Å²) in [6, 6.07) is 10.3. The molecule has 2 aliphatic rings. The van der Waals surface area contributed by atoms with Crippen molar-refractivity contribution in [3.05, 3.63) is 89.5 Å². The molecule has 2 aromatic carbocycles. The van der Waals surface area contributed by atoms with Crippen molar-refractivity contribution >= 4 is 33.2 Å². The molecule has 8 nitrogen and oxygen atoms in total. The van der Waals surface area contributed by atoms with Gasteiger partial charge in [-0.1, -0.05) is 24.3 Å². The number of fused-ring (bicyclic) bond motifs is 3. The molecule has 1 aromatic heterocycles. The van der Waals surface area contributed by atoms with Crippen LogP contribution in [0.25, 0.3) is 5.70 Å². The van der Waals surface area contributed by atoms with Crippen molar-refractivity contribution in [1.29, 1.82) is 0 Å². The summed E-state index contributed by atoms with van der Waals surface area (Å²) in [4.78, 5) is 42.9. The van der Waals surface area contributed by atoms with E-state index >= 15 is 0 Å². The van der Waals surface area contributed by atoms with Crippen molar-refractivity contribution in [3.63, 3.8) is 0 Å². The van der Waals surface area contributed by atoms with Gasteiger partial charge >= 0.3 is 5.69 Å². The Labute approximate surface area is 177 Å². The number of rotatable bonds is 2. The summed E-state index contributed by atoms with van der Waals surface area (Å²) in [5.74, 6) is -0.688. The number of H-pyrrole nitrogens is 2. The maximum absolute atomic E-state index is 13.3. The van der Waals surface area contributed by atoms with Gasteiger partial charge in [-0.05, 0) is 33.6 Å². The normalized spacial score (nSPS) is 16.6. The Kier molecular flexibility index (Phi) is 3.97. The summed E-state index contributed by atoms with van der Waals surface area (Å²) in [5, 5.41) is 13.3. The summed E-state index contributed by atoms with van der Waals surface area (Å²) >= 11 is 3.30. The average molecular weight is 468 g/mol. The minimum absolute atomic E-state index is 0.0963. The largest absolute Gasteiger partial charge is 0.503 e. The maximum atomic E-state index is 13.3. The van der Waals surface area contributed by atoms with E-state index in [1.165, 1.54) is 7.11 Å². The molecule has 1 aliphatic carbocycles. The summed E-state index contributed by atoms with van der Waals surface area (Å²) in [6.07, 6.45) is 0. The Morgan fingerprint density at radius 3 is 2.53 bits per heavy atom. The number of phenols is 1. The predicted molar refractivity (Wildman–Crippen MR) is 113 cm³/mol. The number of carbonyl (C=O) groups excluding carboxylic acids is 1. The zero-order valence-electron chi connectivity index (χ0n) is 15.5. The first-order chi connectivity index (χ1) is 14.4. The SMILES string of the molecule is COc1cc([C@@H]2C3=C(Nc4[nH]c(=O)[nH]c(=O)c42)c2ccccc2C3=O)cc(Br)c1O. The predicted octanol–water partition coefficient (Wildman–Crippen LogP) is 2.70. The van der Waals surface area contributed by atoms with Crippen molar-refractivity contribution in [2.75, 3.05) is 12.4 Å². The summed E-state index contributed by atoms with van der Waals surface area (Å²) in [6.45, 7) is 0. The van der Waals surface area contributed by atoms with E-state index in [9.17, 15) is 19.5 Å². The molecule has 0 radical (unpaired) electrons. The highest BCUT2D eigenvalue weighted by Crippen LogP contribution is 2.49. The van der Waals surface area contributed by atoms with Gasteiger partial charge in [0, 0.05) is 22.6 Å². The maximum Gasteiger partial charge on any atom is 0.327 e. The number of halogens is 1. The number of hydrogen-bond acceptors (Lipinski definition) is 6. The van der Waals surface area contributed by atoms with Gasteiger partial charge in [0.1, 0.15) is 5.82 Å². The van der Waals surface area contributed by atoms with Crippen LogP contribution in [0.15, 0.2) is 56.0 Å². The standard InChI is InChI=1S/C21H14BrN3O5/c1-30-12-7-8(6-11(22)18(12)27)13-14-16(9-4-2-3-5-10(9)17(14)26)23-19-15(13)20(28)25-21(29)24-19/h2-7,13,27H,1H3,(H3,23,24,25,28,29)/t13-/m1/s1. The number of benzene rings is 2. The highest BCUT2D eigenvalue weighted by Gasteiger charge is 2.42. The van der Waals surface area contributed by atoms with Crippen molar-refractivity contribution in [1.82, 2.24) is 9.97 Å². The molecule has 150 valence electrons. The number of aromatic amines is 2. The molecule has 0 spiro atoms. The monoisotopic (exact) mass is 467 g/mol. The van der Waals surface area contributed by atoms with E-state index < -0.39 is 17.2 Å². The molecule has 0 saturated carbocycles. The van der Waals surface area contributed by atoms with Gasteiger partial charge in [0.05, 0.1) is 22.8 Å². The van der Waals surface area contributed by atoms with Crippen LogP contribution in [0.4, 0.5) is 5.82 Å². The van der Waals surface area contributed by atoms with E-state index in [4.69, 9.17) is 4.74 Å². The number of Topliss-reactive ketones (excluding diaryl/α,β-unsaturated/α-hetero) is 1. The van der Waals surface area contributed by atoms with Crippen LogP contribution < -0.4 is 21.3 Å². The lowest BCUT2D eigenvalue weighted by atomic mass is 9.81. The van der Waals surface area contributed by atoms with Crippen LogP contribution in [0, 0.1) is 0 Å². The average Bonchev–Trinajstić information content (AvgIpc) is 3.00. The minimum Gasteiger partial charge on any atom is -0.503 e. The molecule has 30 heavy (non-hydrogen) atoms. The van der Waals surface area contributed by atoms with E-state index in [1.54, 1.807) is 24.3 Å². The molecule has 0 amide bonds. The fourth-order valence-corrected chi connectivity index (χ4v) is 4.56. The molecule has 4 N–H and O–H groups in total. The first kappa shape index (κ1) is 18.4. The van der Waals surface area contributed by atoms with Gasteiger partial charge in [0.25, 0.3) is 5.56 Å². The van der Waals surface area contributed by atoms with Crippen LogP contribution >= 0.6 is 15.9 Å². The van der Waals surface area contributed by atoms with E-state index in [0.717, 1.165) is 0 Å². The molecule has 0 fully saturated rings. The molecule has 9 heteroatoms. The second kappa shape index (κ2) is 6.46. The van der Waals surface area contributed by atoms with Crippen molar-refractivity contribution in [2.24, 2.45) is 0 Å². The van der Waals surface area contributed by atoms with Gasteiger partial charge in [-0.3, -0.25) is 19.6 Å². The summed E-state index contributed by atoms with van der Waals surface area (Å²) in [7, 11) is 1.41. The van der Waals surface area contributed by atoms with Crippen molar-refractivity contribution in [3.8, 4) is 11.5 Å². The number of anilines is 1. The third kappa shape index (κ3) is 2.48. The Hall–Kier alpha value is -3.59. The Balaban J connectivity index is 1.85. The van der Waals surface area contributed by atoms with E-state index in [-0.39, 0.29) is 28.7 Å². The lowest BCUT2D eigenvalue weighted by molar-refractivity contribution is 0.103. The molecule has 1 atom stereocenters. The van der Waals surface area contributed by atoms with Gasteiger partial charge in [-0.2, -0.15) is 0 Å². The number of aromatic nitrogens is 2. The number of phenolic OH excluding ortho intramolecular Hbond substituents is 1. The zero-order valence-corrected chi connectivity index (χ0v) is 17.1. The molecule has 0 saturated heterocycles. The van der Waals surface area contributed by atoms with Crippen LogP contribution in [0.5, 0.6) is 11.5 Å². The lowest BCUT2D eigenvalue weighted by Gasteiger charge is -2.27. The molecule has 0 unspecified atom stereocenters. The molecule has 5 rings (SSSR count). The fourth-order valence-electron chi connectivity index (χ4n) is 4.10.